The van der Waals surface area contributed by atoms with Gasteiger partial charge in [-0.25, -0.2) is 0 Å². The van der Waals surface area contributed by atoms with Gasteiger partial charge in [-0.05, 0) is 36.4 Å². The molecule has 0 saturated heterocycles. The van der Waals surface area contributed by atoms with Crippen LogP contribution >= 0.6 is 23.2 Å². The van der Waals surface area contributed by atoms with E-state index >= 15 is 0 Å². The summed E-state index contributed by atoms with van der Waals surface area (Å²) in [7, 11) is 0. The number of anilines is 2. The summed E-state index contributed by atoms with van der Waals surface area (Å²) >= 11 is 12.0. The van der Waals surface area contributed by atoms with E-state index in [1.165, 1.54) is 6.07 Å². The van der Waals surface area contributed by atoms with Gasteiger partial charge in [0.2, 0.25) is 0 Å². The molecule has 130 valence electrons. The number of nitrogens with one attached hydrogen (secondary N) is 1. The number of halogens is 2. The summed E-state index contributed by atoms with van der Waals surface area (Å²) < 4.78 is 0. The van der Waals surface area contributed by atoms with Crippen LogP contribution in [0.3, 0.4) is 0 Å². The van der Waals surface area contributed by atoms with Gasteiger partial charge >= 0.3 is 0 Å². The summed E-state index contributed by atoms with van der Waals surface area (Å²) in [6.45, 7) is 0. The van der Waals surface area contributed by atoms with E-state index in [-0.39, 0.29) is 11.5 Å². The summed E-state index contributed by atoms with van der Waals surface area (Å²) in [5.41, 5.74) is 7.65. The van der Waals surface area contributed by atoms with Crippen molar-refractivity contribution in [2.24, 2.45) is 0 Å². The van der Waals surface area contributed by atoms with Gasteiger partial charge in [-0.15, -0.1) is 0 Å². The molecule has 0 unspecified atom stereocenters. The van der Waals surface area contributed by atoms with Crippen LogP contribution in [0, 0.1) is 0 Å². The second-order valence-electron chi connectivity index (χ2n) is 5.58. The Morgan fingerprint density at radius 3 is 2.27 bits per heavy atom. The van der Waals surface area contributed by atoms with E-state index in [9.17, 15) is 9.59 Å². The maximum atomic E-state index is 12.6. The highest BCUT2D eigenvalue weighted by Crippen LogP contribution is 2.25. The van der Waals surface area contributed by atoms with Gasteiger partial charge < -0.3 is 11.1 Å². The molecule has 0 spiro atoms. The number of hydrogen-bond donors (Lipinski definition) is 2. The first kappa shape index (κ1) is 18.0. The summed E-state index contributed by atoms with van der Waals surface area (Å²) in [5.74, 6) is -0.627. The van der Waals surface area contributed by atoms with Gasteiger partial charge in [0.1, 0.15) is 0 Å². The molecule has 3 aromatic carbocycles. The fourth-order valence-electron chi connectivity index (χ4n) is 2.46. The molecule has 6 heteroatoms. The van der Waals surface area contributed by atoms with E-state index in [0.717, 1.165) is 0 Å². The molecular formula is C20H14Cl2N2O2. The molecule has 0 heterocycles. The third-order valence-corrected chi connectivity index (χ3v) is 4.33. The summed E-state index contributed by atoms with van der Waals surface area (Å²) in [5, 5.41) is 3.47. The molecule has 0 aliphatic rings. The molecule has 0 fully saturated rings. The predicted octanol–water partition coefficient (Wildman–Crippen LogP) is 5.06. The van der Waals surface area contributed by atoms with Crippen LogP contribution in [0.5, 0.6) is 0 Å². The molecule has 0 radical (unpaired) electrons. The lowest BCUT2D eigenvalue weighted by molar-refractivity contribution is 0.102. The molecule has 0 aliphatic heterocycles. The standard InChI is InChI=1S/C20H14Cl2N2O2/c21-13-6-8-15(18(23)10-13)20(26)24-14-7-9-17(22)16(11-14)19(25)12-4-2-1-3-5-12/h1-11H,23H2,(H,24,26). The van der Waals surface area contributed by atoms with Crippen LogP contribution in [0.2, 0.25) is 10.0 Å². The minimum atomic E-state index is -0.403. The molecule has 0 aliphatic carbocycles. The number of benzene rings is 3. The smallest absolute Gasteiger partial charge is 0.257 e. The number of amides is 1. The van der Waals surface area contributed by atoms with Crippen molar-refractivity contribution in [1.82, 2.24) is 0 Å². The topological polar surface area (TPSA) is 72.2 Å². The Kier molecular flexibility index (Phi) is 5.26. The molecule has 0 saturated carbocycles. The lowest BCUT2D eigenvalue weighted by Crippen LogP contribution is -2.14. The van der Waals surface area contributed by atoms with Crippen molar-refractivity contribution in [1.29, 1.82) is 0 Å². The Bertz CT molecular complexity index is 988. The number of carbonyl (C=O) groups is 2. The van der Waals surface area contributed by atoms with Crippen molar-refractivity contribution in [2.45, 2.75) is 0 Å². The molecule has 0 atom stereocenters. The van der Waals surface area contributed by atoms with E-state index in [4.69, 9.17) is 28.9 Å². The van der Waals surface area contributed by atoms with Crippen LogP contribution in [0.15, 0.2) is 66.7 Å². The van der Waals surface area contributed by atoms with Gasteiger partial charge in [-0.1, -0.05) is 53.5 Å². The first-order chi connectivity index (χ1) is 12.5. The first-order valence-electron chi connectivity index (χ1n) is 7.71. The summed E-state index contributed by atoms with van der Waals surface area (Å²) in [6, 6.07) is 18.1. The van der Waals surface area contributed by atoms with Gasteiger partial charge in [0.25, 0.3) is 5.91 Å². The van der Waals surface area contributed by atoms with Crippen molar-refractivity contribution in [3.63, 3.8) is 0 Å². The average Bonchev–Trinajstić information content (AvgIpc) is 2.63. The zero-order valence-corrected chi connectivity index (χ0v) is 15.0. The Balaban J connectivity index is 1.88. The van der Waals surface area contributed by atoms with Crippen molar-refractivity contribution in [3.8, 4) is 0 Å². The van der Waals surface area contributed by atoms with Gasteiger partial charge in [0, 0.05) is 27.5 Å². The van der Waals surface area contributed by atoms with Crippen LogP contribution in [0.25, 0.3) is 0 Å². The highest BCUT2D eigenvalue weighted by atomic mass is 35.5. The monoisotopic (exact) mass is 384 g/mol. The first-order valence-corrected chi connectivity index (χ1v) is 8.47. The fourth-order valence-corrected chi connectivity index (χ4v) is 2.84. The quantitative estimate of drug-likeness (QED) is 0.487. The van der Waals surface area contributed by atoms with Gasteiger partial charge in [0.15, 0.2) is 5.78 Å². The number of ketones is 1. The van der Waals surface area contributed by atoms with Crippen LogP contribution in [-0.2, 0) is 0 Å². The van der Waals surface area contributed by atoms with Crippen molar-refractivity contribution >= 4 is 46.3 Å². The van der Waals surface area contributed by atoms with E-state index in [2.05, 4.69) is 5.32 Å². The number of carbonyl (C=O) groups excluding carboxylic acids is 2. The normalized spacial score (nSPS) is 10.4. The Morgan fingerprint density at radius 2 is 1.58 bits per heavy atom. The lowest BCUT2D eigenvalue weighted by Gasteiger charge is -2.10. The third-order valence-electron chi connectivity index (χ3n) is 3.76. The van der Waals surface area contributed by atoms with E-state index < -0.39 is 5.91 Å². The van der Waals surface area contributed by atoms with E-state index in [1.54, 1.807) is 54.6 Å². The maximum absolute atomic E-state index is 12.6. The van der Waals surface area contributed by atoms with Gasteiger partial charge in [0.05, 0.1) is 10.6 Å². The Hall–Kier alpha value is -2.82. The predicted molar refractivity (Wildman–Crippen MR) is 105 cm³/mol. The maximum Gasteiger partial charge on any atom is 0.257 e. The molecule has 26 heavy (non-hydrogen) atoms. The second kappa shape index (κ2) is 7.60. The highest BCUT2D eigenvalue weighted by Gasteiger charge is 2.15. The number of rotatable bonds is 4. The molecule has 0 aromatic heterocycles. The number of nitrogen functional groups attached to an aromatic ring is 1. The molecule has 0 bridgehead atoms. The molecule has 3 rings (SSSR count). The largest absolute Gasteiger partial charge is 0.398 e. The van der Waals surface area contributed by atoms with Crippen LogP contribution in [0.4, 0.5) is 11.4 Å². The number of nitrogens with two attached hydrogens (primary N) is 1. The zero-order valence-electron chi connectivity index (χ0n) is 13.5. The van der Waals surface area contributed by atoms with Gasteiger partial charge in [-0.2, -0.15) is 0 Å². The highest BCUT2D eigenvalue weighted by molar-refractivity contribution is 6.35. The fraction of sp³-hybridized carbons (Fsp3) is 0. The Labute approximate surface area is 160 Å². The van der Waals surface area contributed by atoms with Crippen molar-refractivity contribution < 1.29 is 9.59 Å². The molecule has 3 aromatic rings. The van der Waals surface area contributed by atoms with Crippen LogP contribution in [0.1, 0.15) is 26.3 Å². The third kappa shape index (κ3) is 3.87. The van der Waals surface area contributed by atoms with E-state index in [1.807, 2.05) is 6.07 Å². The van der Waals surface area contributed by atoms with Gasteiger partial charge in [-0.3, -0.25) is 9.59 Å². The molecule has 1 amide bonds. The van der Waals surface area contributed by atoms with Crippen molar-refractivity contribution in [3.05, 3.63) is 93.5 Å². The zero-order chi connectivity index (χ0) is 18.7. The lowest BCUT2D eigenvalue weighted by atomic mass is 10.0. The SMILES string of the molecule is Nc1cc(Cl)ccc1C(=O)Nc1ccc(Cl)c(C(=O)c2ccccc2)c1. The number of hydrogen-bond acceptors (Lipinski definition) is 3. The average molecular weight is 385 g/mol. The minimum absolute atomic E-state index is 0.224. The second-order valence-corrected chi connectivity index (χ2v) is 6.42. The summed E-state index contributed by atoms with van der Waals surface area (Å²) in [4.78, 5) is 25.1. The Morgan fingerprint density at radius 1 is 0.846 bits per heavy atom. The summed E-state index contributed by atoms with van der Waals surface area (Å²) in [6.07, 6.45) is 0. The molecule has 3 N–H and O–H groups in total. The molecule has 4 nitrogen and oxygen atoms in total. The molecular weight excluding hydrogens is 371 g/mol. The van der Waals surface area contributed by atoms with Crippen LogP contribution in [-0.4, -0.2) is 11.7 Å². The van der Waals surface area contributed by atoms with Crippen molar-refractivity contribution in [2.75, 3.05) is 11.1 Å². The van der Waals surface area contributed by atoms with Crippen LogP contribution < -0.4 is 11.1 Å². The minimum Gasteiger partial charge on any atom is -0.398 e. The van der Waals surface area contributed by atoms with E-state index in [0.29, 0.717) is 32.4 Å².